The molecule has 4 nitrogen and oxygen atoms in total. The molecule has 17 heavy (non-hydrogen) atoms. The Kier molecular flexibility index (Phi) is 4.97. The van der Waals surface area contributed by atoms with Gasteiger partial charge in [0.15, 0.2) is 0 Å². The summed E-state index contributed by atoms with van der Waals surface area (Å²) in [6.45, 7) is 3.61. The molecule has 0 radical (unpaired) electrons. The third kappa shape index (κ3) is 3.46. The Balaban J connectivity index is 3.00. The Morgan fingerprint density at radius 2 is 2.18 bits per heavy atom. The summed E-state index contributed by atoms with van der Waals surface area (Å²) in [5.74, 6) is -0.446. The lowest BCUT2D eigenvalue weighted by Gasteiger charge is -2.19. The number of ether oxygens (including phenoxy) is 2. The second-order valence-electron chi connectivity index (χ2n) is 3.75. The first kappa shape index (κ1) is 13.5. The van der Waals surface area contributed by atoms with Crippen LogP contribution < -0.4 is 4.74 Å². The van der Waals surface area contributed by atoms with Crippen LogP contribution in [0.5, 0.6) is 5.75 Å². The fourth-order valence-corrected chi connectivity index (χ4v) is 1.68. The Bertz CT molecular complexity index is 373. The van der Waals surface area contributed by atoms with Gasteiger partial charge in [-0.2, -0.15) is 0 Å². The molecule has 4 heteroatoms. The third-order valence-electron chi connectivity index (χ3n) is 2.48. The number of aliphatic hydroxyl groups excluding tert-OH is 1. The van der Waals surface area contributed by atoms with Crippen LogP contribution in [0.2, 0.25) is 0 Å². The van der Waals surface area contributed by atoms with Crippen LogP contribution in [0, 0.1) is 0 Å². The van der Waals surface area contributed by atoms with Crippen molar-refractivity contribution < 1.29 is 19.4 Å². The van der Waals surface area contributed by atoms with Crippen molar-refractivity contribution >= 4 is 5.97 Å². The maximum absolute atomic E-state index is 11.8. The number of esters is 1. The minimum atomic E-state index is -0.804. The summed E-state index contributed by atoms with van der Waals surface area (Å²) in [5, 5.41) is 9.68. The van der Waals surface area contributed by atoms with Gasteiger partial charge in [0.05, 0.1) is 19.8 Å². The molecule has 0 aromatic heterocycles. The molecule has 0 heterocycles. The van der Waals surface area contributed by atoms with Crippen LogP contribution in [0.3, 0.4) is 0 Å². The van der Waals surface area contributed by atoms with Gasteiger partial charge in [-0.15, -0.1) is 0 Å². The number of rotatable bonds is 5. The molecule has 0 unspecified atom stereocenters. The average Bonchev–Trinajstić information content (AvgIpc) is 2.29. The van der Waals surface area contributed by atoms with E-state index in [-0.39, 0.29) is 0 Å². The number of hydrogen-bond acceptors (Lipinski definition) is 4. The maximum atomic E-state index is 11.8. The van der Waals surface area contributed by atoms with Crippen LogP contribution in [-0.2, 0) is 9.53 Å². The molecule has 0 spiro atoms. The zero-order valence-electron chi connectivity index (χ0n) is 10.3. The van der Waals surface area contributed by atoms with E-state index >= 15 is 0 Å². The largest absolute Gasteiger partial charge is 0.497 e. The van der Waals surface area contributed by atoms with Crippen molar-refractivity contribution in [2.24, 2.45) is 0 Å². The minimum absolute atomic E-state index is 0.298. The second-order valence-corrected chi connectivity index (χ2v) is 3.75. The Hall–Kier alpha value is -1.55. The van der Waals surface area contributed by atoms with Gasteiger partial charge in [0.1, 0.15) is 11.7 Å². The standard InChI is InChI=1S/C13H18O4/c1-4-17-13(15)12(9(2)14)10-6-5-7-11(8-10)16-3/h5-9,12,14H,4H2,1-3H3/t9-,12-/m0/s1. The van der Waals surface area contributed by atoms with E-state index < -0.39 is 18.0 Å². The number of carbonyl (C=O) groups excluding carboxylic acids is 1. The Morgan fingerprint density at radius 1 is 1.47 bits per heavy atom. The highest BCUT2D eigenvalue weighted by Crippen LogP contribution is 2.25. The van der Waals surface area contributed by atoms with Crippen LogP contribution in [0.15, 0.2) is 24.3 Å². The number of methoxy groups -OCH3 is 1. The monoisotopic (exact) mass is 238 g/mol. The number of carbonyl (C=O) groups is 1. The van der Waals surface area contributed by atoms with E-state index in [9.17, 15) is 9.90 Å². The molecule has 1 aromatic carbocycles. The third-order valence-corrected chi connectivity index (χ3v) is 2.48. The summed E-state index contributed by atoms with van der Waals surface area (Å²) in [6.07, 6.45) is -0.804. The molecule has 0 aliphatic rings. The molecule has 0 bridgehead atoms. The van der Waals surface area contributed by atoms with Gasteiger partial charge >= 0.3 is 5.97 Å². The van der Waals surface area contributed by atoms with E-state index in [0.29, 0.717) is 17.9 Å². The highest BCUT2D eigenvalue weighted by atomic mass is 16.5. The van der Waals surface area contributed by atoms with Gasteiger partial charge in [-0.1, -0.05) is 12.1 Å². The lowest BCUT2D eigenvalue weighted by atomic mass is 9.94. The van der Waals surface area contributed by atoms with Gasteiger partial charge in [-0.25, -0.2) is 0 Å². The topological polar surface area (TPSA) is 55.8 Å². The lowest BCUT2D eigenvalue weighted by Crippen LogP contribution is -2.25. The van der Waals surface area contributed by atoms with Gasteiger partial charge in [-0.3, -0.25) is 4.79 Å². The molecule has 0 fully saturated rings. The zero-order valence-corrected chi connectivity index (χ0v) is 10.3. The minimum Gasteiger partial charge on any atom is -0.497 e. The highest BCUT2D eigenvalue weighted by Gasteiger charge is 2.27. The number of aliphatic hydroxyl groups is 1. The van der Waals surface area contributed by atoms with E-state index in [4.69, 9.17) is 9.47 Å². The van der Waals surface area contributed by atoms with Crippen LogP contribution >= 0.6 is 0 Å². The molecule has 1 aromatic rings. The van der Waals surface area contributed by atoms with E-state index in [2.05, 4.69) is 0 Å². The van der Waals surface area contributed by atoms with Crippen molar-refractivity contribution in [3.63, 3.8) is 0 Å². The summed E-state index contributed by atoms with van der Waals surface area (Å²) in [5.41, 5.74) is 0.692. The van der Waals surface area contributed by atoms with E-state index in [1.54, 1.807) is 45.2 Å². The molecule has 2 atom stereocenters. The van der Waals surface area contributed by atoms with Crippen molar-refractivity contribution in [1.82, 2.24) is 0 Å². The van der Waals surface area contributed by atoms with Gasteiger partial charge in [0, 0.05) is 0 Å². The van der Waals surface area contributed by atoms with E-state index in [1.807, 2.05) is 0 Å². The molecule has 1 rings (SSSR count). The summed E-state index contributed by atoms with van der Waals surface area (Å²) >= 11 is 0. The van der Waals surface area contributed by atoms with Crippen molar-refractivity contribution in [2.45, 2.75) is 25.9 Å². The first-order valence-corrected chi connectivity index (χ1v) is 5.58. The lowest BCUT2D eigenvalue weighted by molar-refractivity contribution is -0.147. The Morgan fingerprint density at radius 3 is 2.71 bits per heavy atom. The van der Waals surface area contributed by atoms with Gasteiger partial charge in [0.2, 0.25) is 0 Å². The average molecular weight is 238 g/mol. The molecule has 0 saturated heterocycles. The van der Waals surface area contributed by atoms with Crippen LogP contribution in [-0.4, -0.2) is 30.9 Å². The predicted octanol–water partition coefficient (Wildman–Crippen LogP) is 1.72. The van der Waals surface area contributed by atoms with Crippen LogP contribution in [0.1, 0.15) is 25.3 Å². The van der Waals surface area contributed by atoms with Gasteiger partial charge < -0.3 is 14.6 Å². The highest BCUT2D eigenvalue weighted by molar-refractivity contribution is 5.79. The molecule has 1 N–H and O–H groups in total. The predicted molar refractivity (Wildman–Crippen MR) is 64.0 cm³/mol. The summed E-state index contributed by atoms with van der Waals surface area (Å²) < 4.78 is 10.0. The Labute approximate surface area is 101 Å². The molecule has 94 valence electrons. The fourth-order valence-electron chi connectivity index (χ4n) is 1.68. The molecule has 0 saturated carbocycles. The van der Waals surface area contributed by atoms with E-state index in [1.165, 1.54) is 0 Å². The van der Waals surface area contributed by atoms with E-state index in [0.717, 1.165) is 0 Å². The zero-order chi connectivity index (χ0) is 12.8. The molecule has 0 aliphatic carbocycles. The molecule has 0 aliphatic heterocycles. The van der Waals surface area contributed by atoms with Crippen molar-refractivity contribution in [2.75, 3.05) is 13.7 Å². The number of benzene rings is 1. The quantitative estimate of drug-likeness (QED) is 0.794. The first-order chi connectivity index (χ1) is 8.10. The first-order valence-electron chi connectivity index (χ1n) is 5.58. The maximum Gasteiger partial charge on any atom is 0.316 e. The molecular formula is C13H18O4. The van der Waals surface area contributed by atoms with Crippen LogP contribution in [0.25, 0.3) is 0 Å². The summed E-state index contributed by atoms with van der Waals surface area (Å²) in [4.78, 5) is 11.8. The normalized spacial score (nSPS) is 13.9. The molecule has 0 amide bonds. The summed E-state index contributed by atoms with van der Waals surface area (Å²) in [6, 6.07) is 7.07. The second kappa shape index (κ2) is 6.25. The summed E-state index contributed by atoms with van der Waals surface area (Å²) in [7, 11) is 1.56. The fraction of sp³-hybridized carbons (Fsp3) is 0.462. The SMILES string of the molecule is CCOC(=O)[C@H](c1cccc(OC)c1)[C@H](C)O. The molecular weight excluding hydrogens is 220 g/mol. The van der Waals surface area contributed by atoms with Gasteiger partial charge in [0.25, 0.3) is 0 Å². The van der Waals surface area contributed by atoms with Crippen molar-refractivity contribution in [3.05, 3.63) is 29.8 Å². The van der Waals surface area contributed by atoms with Crippen LogP contribution in [0.4, 0.5) is 0 Å². The van der Waals surface area contributed by atoms with Gasteiger partial charge in [-0.05, 0) is 31.5 Å². The smallest absolute Gasteiger partial charge is 0.316 e. The van der Waals surface area contributed by atoms with Crippen molar-refractivity contribution in [1.29, 1.82) is 0 Å². The number of hydrogen-bond donors (Lipinski definition) is 1. The van der Waals surface area contributed by atoms with Crippen molar-refractivity contribution in [3.8, 4) is 5.75 Å².